The van der Waals surface area contributed by atoms with Gasteiger partial charge < -0.3 is 9.84 Å². The van der Waals surface area contributed by atoms with Crippen LogP contribution in [0.1, 0.15) is 18.4 Å². The minimum Gasteiger partial charge on any atom is -0.457 e. The van der Waals surface area contributed by atoms with E-state index in [9.17, 15) is 5.11 Å². The van der Waals surface area contributed by atoms with Crippen LogP contribution in [-0.4, -0.2) is 25.5 Å². The number of aromatic nitrogens is 3. The molecule has 3 aromatic rings. The van der Waals surface area contributed by atoms with Crippen LogP contribution in [0.4, 0.5) is 0 Å². The lowest BCUT2D eigenvalue weighted by Gasteiger charge is -2.28. The number of benzene rings is 2. The molecular weight excluding hydrogens is 385 g/mol. The first kappa shape index (κ1) is 18.3. The second-order valence-corrected chi connectivity index (χ2v) is 7.80. The molecule has 0 radical (unpaired) electrons. The van der Waals surface area contributed by atoms with Crippen molar-refractivity contribution in [1.29, 1.82) is 0 Å². The minimum atomic E-state index is -0.893. The number of nitrogens with zero attached hydrogens (tertiary/aromatic N) is 3. The third kappa shape index (κ3) is 4.43. The van der Waals surface area contributed by atoms with E-state index in [1.54, 1.807) is 41.3 Å². The zero-order valence-electron chi connectivity index (χ0n) is 14.6. The number of hydrogen-bond donors (Lipinski definition) is 1. The smallest absolute Gasteiger partial charge is 0.137 e. The summed E-state index contributed by atoms with van der Waals surface area (Å²) in [5.41, 5.74) is -0.00904. The molecule has 1 aromatic heterocycles. The van der Waals surface area contributed by atoms with E-state index >= 15 is 0 Å². The average molecular weight is 404 g/mol. The summed E-state index contributed by atoms with van der Waals surface area (Å²) in [6.45, 7) is 0.400. The van der Waals surface area contributed by atoms with Crippen LogP contribution in [0.3, 0.4) is 0 Å². The third-order valence-electron chi connectivity index (χ3n) is 4.81. The zero-order valence-corrected chi connectivity index (χ0v) is 16.1. The lowest BCUT2D eigenvalue weighted by Crippen LogP contribution is -2.39. The number of ether oxygens (including phenoxy) is 1. The van der Waals surface area contributed by atoms with E-state index in [1.807, 2.05) is 12.1 Å². The molecule has 0 bridgehead atoms. The Morgan fingerprint density at radius 3 is 2.48 bits per heavy atom. The van der Waals surface area contributed by atoms with E-state index < -0.39 is 5.60 Å². The molecule has 0 spiro atoms. The van der Waals surface area contributed by atoms with Crippen LogP contribution < -0.4 is 4.74 Å². The van der Waals surface area contributed by atoms with Gasteiger partial charge >= 0.3 is 0 Å². The summed E-state index contributed by atoms with van der Waals surface area (Å²) in [5.74, 6) is 1.57. The van der Waals surface area contributed by atoms with Crippen molar-refractivity contribution in [3.8, 4) is 11.5 Å². The Balaban J connectivity index is 1.50. The maximum absolute atomic E-state index is 11.2. The van der Waals surface area contributed by atoms with Crippen molar-refractivity contribution < 1.29 is 9.84 Å². The van der Waals surface area contributed by atoms with Crippen LogP contribution >= 0.6 is 23.2 Å². The molecule has 27 heavy (non-hydrogen) atoms. The van der Waals surface area contributed by atoms with Gasteiger partial charge in [0.2, 0.25) is 0 Å². The summed E-state index contributed by atoms with van der Waals surface area (Å²) < 4.78 is 7.49. The van der Waals surface area contributed by atoms with Crippen LogP contribution in [0.25, 0.3) is 0 Å². The number of halogens is 2. The molecule has 2 aromatic carbocycles. The predicted molar refractivity (Wildman–Crippen MR) is 104 cm³/mol. The van der Waals surface area contributed by atoms with Gasteiger partial charge in [-0.3, -0.25) is 4.68 Å². The van der Waals surface area contributed by atoms with Crippen LogP contribution in [0.15, 0.2) is 55.1 Å². The highest BCUT2D eigenvalue weighted by atomic mass is 35.5. The Kier molecular flexibility index (Phi) is 5.08. The third-order valence-corrected chi connectivity index (χ3v) is 5.41. The molecule has 1 N–H and O–H groups in total. The topological polar surface area (TPSA) is 60.2 Å². The molecule has 4 rings (SSSR count). The summed E-state index contributed by atoms with van der Waals surface area (Å²) in [5, 5.41) is 16.6. The van der Waals surface area contributed by atoms with Gasteiger partial charge in [0.15, 0.2) is 0 Å². The molecule has 7 heteroatoms. The predicted octanol–water partition coefficient (Wildman–Crippen LogP) is 4.76. The molecule has 1 aliphatic carbocycles. The summed E-state index contributed by atoms with van der Waals surface area (Å²) >= 11 is 12.4. The van der Waals surface area contributed by atoms with E-state index in [1.165, 1.54) is 6.33 Å². The van der Waals surface area contributed by atoms with Gasteiger partial charge in [0.05, 0.1) is 12.1 Å². The van der Waals surface area contributed by atoms with Crippen molar-refractivity contribution in [3.63, 3.8) is 0 Å². The molecule has 140 valence electrons. The summed E-state index contributed by atoms with van der Waals surface area (Å²) in [6, 6.07) is 12.7. The average Bonchev–Trinajstić information content (AvgIpc) is 3.39. The van der Waals surface area contributed by atoms with Crippen LogP contribution in [0, 0.1) is 5.92 Å². The van der Waals surface area contributed by atoms with Crippen molar-refractivity contribution in [2.75, 3.05) is 0 Å². The fourth-order valence-corrected chi connectivity index (χ4v) is 3.61. The summed E-state index contributed by atoms with van der Waals surface area (Å²) in [4.78, 5) is 3.96. The Bertz CT molecular complexity index is 911. The van der Waals surface area contributed by atoms with Crippen LogP contribution in [0.2, 0.25) is 10.0 Å². The van der Waals surface area contributed by atoms with Crippen molar-refractivity contribution in [2.24, 2.45) is 5.92 Å². The van der Waals surface area contributed by atoms with Crippen molar-refractivity contribution in [2.45, 2.75) is 31.4 Å². The van der Waals surface area contributed by atoms with Gasteiger partial charge in [0.25, 0.3) is 0 Å². The highest BCUT2D eigenvalue weighted by Gasteiger charge is 2.44. The normalized spacial score (nSPS) is 16.1. The highest BCUT2D eigenvalue weighted by molar-refractivity contribution is 6.31. The summed E-state index contributed by atoms with van der Waals surface area (Å²) in [6.07, 6.45) is 5.58. The second-order valence-electron chi connectivity index (χ2n) is 6.96. The maximum Gasteiger partial charge on any atom is 0.137 e. The molecule has 0 amide bonds. The van der Waals surface area contributed by atoms with Crippen LogP contribution in [0.5, 0.6) is 11.5 Å². The molecule has 1 fully saturated rings. The van der Waals surface area contributed by atoms with Gasteiger partial charge in [-0.2, -0.15) is 5.10 Å². The Morgan fingerprint density at radius 2 is 1.85 bits per heavy atom. The van der Waals surface area contributed by atoms with Gasteiger partial charge in [-0.25, -0.2) is 4.98 Å². The fourth-order valence-electron chi connectivity index (χ4n) is 3.25. The Labute approximate surface area is 167 Å². The highest BCUT2D eigenvalue weighted by Crippen LogP contribution is 2.43. The lowest BCUT2D eigenvalue weighted by molar-refractivity contribution is -0.00228. The van der Waals surface area contributed by atoms with E-state index in [-0.39, 0.29) is 5.92 Å². The number of aliphatic hydroxyl groups is 1. The summed E-state index contributed by atoms with van der Waals surface area (Å²) in [7, 11) is 0. The quantitative estimate of drug-likeness (QED) is 0.617. The van der Waals surface area contributed by atoms with E-state index in [0.717, 1.165) is 18.4 Å². The first-order valence-electron chi connectivity index (χ1n) is 8.78. The first-order valence-corrected chi connectivity index (χ1v) is 9.54. The molecule has 0 saturated heterocycles. The van der Waals surface area contributed by atoms with Crippen molar-refractivity contribution in [1.82, 2.24) is 14.8 Å². The van der Waals surface area contributed by atoms with Gasteiger partial charge in [-0.05, 0) is 60.7 Å². The van der Waals surface area contributed by atoms with Gasteiger partial charge in [-0.15, -0.1) is 0 Å². The van der Waals surface area contributed by atoms with Gasteiger partial charge in [0, 0.05) is 16.5 Å². The van der Waals surface area contributed by atoms with E-state index in [0.29, 0.717) is 34.5 Å². The fraction of sp³-hybridized carbons (Fsp3) is 0.300. The molecule has 1 unspecified atom stereocenters. The van der Waals surface area contributed by atoms with Gasteiger partial charge in [-0.1, -0.05) is 29.3 Å². The second kappa shape index (κ2) is 7.50. The first-order chi connectivity index (χ1) is 13.0. The van der Waals surface area contributed by atoms with Crippen LogP contribution in [-0.2, 0) is 13.0 Å². The Hall–Kier alpha value is -2.08. The molecule has 1 saturated carbocycles. The lowest BCUT2D eigenvalue weighted by atomic mass is 9.89. The van der Waals surface area contributed by atoms with Crippen molar-refractivity contribution in [3.05, 3.63) is 70.7 Å². The molecule has 1 aliphatic rings. The molecule has 0 aliphatic heterocycles. The molecule has 1 heterocycles. The monoisotopic (exact) mass is 403 g/mol. The molecular formula is C20H19Cl2N3O2. The minimum absolute atomic E-state index is 0.253. The van der Waals surface area contributed by atoms with Crippen molar-refractivity contribution >= 4 is 23.2 Å². The van der Waals surface area contributed by atoms with E-state index in [4.69, 9.17) is 27.9 Å². The van der Waals surface area contributed by atoms with E-state index in [2.05, 4.69) is 10.1 Å². The Morgan fingerprint density at radius 1 is 1.11 bits per heavy atom. The largest absolute Gasteiger partial charge is 0.457 e. The molecule has 1 atom stereocenters. The molecule has 5 nitrogen and oxygen atoms in total. The standard InChI is InChI=1S/C20H19Cl2N3O2/c21-16-4-7-17(8-5-16)27-18-6-1-14(19(22)9-18)10-20(26,15-2-3-15)11-25-13-23-12-24-25/h1,4-9,12-13,15,26H,2-3,10-11H2. The number of hydrogen-bond acceptors (Lipinski definition) is 4. The van der Waals surface area contributed by atoms with Gasteiger partial charge in [0.1, 0.15) is 24.2 Å². The maximum atomic E-state index is 11.2. The number of rotatable bonds is 7. The SMILES string of the molecule is OC(Cc1ccc(Oc2ccc(Cl)cc2)cc1Cl)(Cn1cncn1)C1CC1. The zero-order chi connectivity index (χ0) is 18.9.